The van der Waals surface area contributed by atoms with Crippen molar-refractivity contribution in [3.8, 4) is 0 Å². The molecule has 1 aliphatic heterocycles. The van der Waals surface area contributed by atoms with Crippen molar-refractivity contribution in [2.75, 3.05) is 18.4 Å². The van der Waals surface area contributed by atoms with E-state index in [-0.39, 0.29) is 24.0 Å². The Balaban J connectivity index is 1.60. The lowest BCUT2D eigenvalue weighted by Gasteiger charge is -2.18. The third-order valence-electron chi connectivity index (χ3n) is 4.34. The number of halogens is 3. The van der Waals surface area contributed by atoms with Crippen LogP contribution in [0.3, 0.4) is 0 Å². The average molecular weight is 377 g/mol. The normalized spacial score (nSPS) is 17.5. The van der Waals surface area contributed by atoms with E-state index < -0.39 is 23.4 Å². The number of carboxylic acids is 1. The van der Waals surface area contributed by atoms with Crippen LogP contribution in [0, 0.1) is 17.5 Å². The number of carbonyl (C=O) groups is 1. The second kappa shape index (κ2) is 8.22. The largest absolute Gasteiger partial charge is 0.478 e. The number of likely N-dealkylation sites (tertiary alicyclic amines) is 1. The minimum Gasteiger partial charge on any atom is -0.478 e. The van der Waals surface area contributed by atoms with Gasteiger partial charge >= 0.3 is 5.97 Å². The van der Waals surface area contributed by atoms with Gasteiger partial charge in [-0.15, -0.1) is 0 Å². The molecule has 2 heterocycles. The number of pyridine rings is 1. The standard InChI is InChI=1S/C19H18F3N3O2/c20-15-2-1-3-16(21)14(15)11-25-7-6-13(10-25)24-19-17(22)8-12(9-23-19)4-5-18(26)27/h1-5,8-9,13H,6-7,10-11H2,(H,23,24)(H,26,27)/b5-4+/t13-/m1/s1. The maximum atomic E-state index is 14.2. The molecule has 1 saturated heterocycles. The highest BCUT2D eigenvalue weighted by Gasteiger charge is 2.25. The van der Waals surface area contributed by atoms with E-state index in [4.69, 9.17) is 5.11 Å². The van der Waals surface area contributed by atoms with Crippen molar-refractivity contribution in [3.63, 3.8) is 0 Å². The molecule has 8 heteroatoms. The van der Waals surface area contributed by atoms with Gasteiger partial charge in [0.1, 0.15) is 11.6 Å². The van der Waals surface area contributed by atoms with Crippen LogP contribution in [-0.2, 0) is 11.3 Å². The SMILES string of the molecule is O=C(O)/C=C/c1cnc(N[C@@H]2CCN(Cc3c(F)cccc3F)C2)c(F)c1. The van der Waals surface area contributed by atoms with Gasteiger partial charge in [0.25, 0.3) is 0 Å². The van der Waals surface area contributed by atoms with E-state index in [1.54, 1.807) is 0 Å². The van der Waals surface area contributed by atoms with Gasteiger partial charge in [-0.3, -0.25) is 4.90 Å². The Morgan fingerprint density at radius 1 is 1.30 bits per heavy atom. The van der Waals surface area contributed by atoms with E-state index in [2.05, 4.69) is 10.3 Å². The van der Waals surface area contributed by atoms with Gasteiger partial charge in [0.2, 0.25) is 0 Å². The van der Waals surface area contributed by atoms with Crippen molar-refractivity contribution >= 4 is 17.9 Å². The van der Waals surface area contributed by atoms with Gasteiger partial charge in [-0.1, -0.05) is 6.07 Å². The predicted molar refractivity (Wildman–Crippen MR) is 94.5 cm³/mol. The van der Waals surface area contributed by atoms with Gasteiger partial charge in [0.15, 0.2) is 11.6 Å². The molecule has 27 heavy (non-hydrogen) atoms. The lowest BCUT2D eigenvalue weighted by Crippen LogP contribution is -2.27. The van der Waals surface area contributed by atoms with Crippen molar-refractivity contribution in [2.45, 2.75) is 19.0 Å². The van der Waals surface area contributed by atoms with Crippen LogP contribution in [0.1, 0.15) is 17.5 Å². The van der Waals surface area contributed by atoms with Gasteiger partial charge in [-0.2, -0.15) is 0 Å². The van der Waals surface area contributed by atoms with Crippen LogP contribution in [0.25, 0.3) is 6.08 Å². The van der Waals surface area contributed by atoms with E-state index in [0.717, 1.165) is 6.08 Å². The lowest BCUT2D eigenvalue weighted by molar-refractivity contribution is -0.131. The van der Waals surface area contributed by atoms with E-state index >= 15 is 0 Å². The molecule has 0 bridgehead atoms. The summed E-state index contributed by atoms with van der Waals surface area (Å²) in [5, 5.41) is 11.6. The molecule has 2 aromatic rings. The molecule has 0 aliphatic carbocycles. The summed E-state index contributed by atoms with van der Waals surface area (Å²) in [6, 6.07) is 4.86. The van der Waals surface area contributed by atoms with Crippen LogP contribution in [-0.4, -0.2) is 40.1 Å². The topological polar surface area (TPSA) is 65.5 Å². The van der Waals surface area contributed by atoms with Gasteiger partial charge in [-0.05, 0) is 36.3 Å². The highest BCUT2D eigenvalue weighted by atomic mass is 19.1. The molecule has 0 saturated carbocycles. The van der Waals surface area contributed by atoms with Crippen LogP contribution >= 0.6 is 0 Å². The second-order valence-corrected chi connectivity index (χ2v) is 6.34. The van der Waals surface area contributed by atoms with Crippen LogP contribution in [0.4, 0.5) is 19.0 Å². The summed E-state index contributed by atoms with van der Waals surface area (Å²) in [6.07, 6.45) is 4.20. The molecule has 0 spiro atoms. The molecule has 5 nitrogen and oxygen atoms in total. The first-order valence-electron chi connectivity index (χ1n) is 8.40. The fourth-order valence-electron chi connectivity index (χ4n) is 3.01. The number of anilines is 1. The Morgan fingerprint density at radius 2 is 2.04 bits per heavy atom. The van der Waals surface area contributed by atoms with E-state index in [1.165, 1.54) is 36.5 Å². The molecular formula is C19H18F3N3O2. The van der Waals surface area contributed by atoms with Gasteiger partial charge < -0.3 is 10.4 Å². The maximum absolute atomic E-state index is 14.2. The molecule has 0 radical (unpaired) electrons. The number of carboxylic acid groups (broad SMARTS) is 1. The smallest absolute Gasteiger partial charge is 0.328 e. The first kappa shape index (κ1) is 18.9. The number of rotatable bonds is 6. The fraction of sp³-hybridized carbons (Fsp3) is 0.263. The number of nitrogens with zero attached hydrogens (tertiary/aromatic N) is 2. The quantitative estimate of drug-likeness (QED) is 0.757. The fourth-order valence-corrected chi connectivity index (χ4v) is 3.01. The molecule has 1 fully saturated rings. The summed E-state index contributed by atoms with van der Waals surface area (Å²) in [6.45, 7) is 1.26. The Kier molecular flexibility index (Phi) is 5.75. The van der Waals surface area contributed by atoms with Crippen LogP contribution in [0.15, 0.2) is 36.5 Å². The minimum atomic E-state index is -1.13. The molecule has 3 rings (SSSR count). The second-order valence-electron chi connectivity index (χ2n) is 6.34. The van der Waals surface area contributed by atoms with Crippen LogP contribution < -0.4 is 5.32 Å². The highest BCUT2D eigenvalue weighted by molar-refractivity contribution is 5.85. The summed E-state index contributed by atoms with van der Waals surface area (Å²) in [7, 11) is 0. The van der Waals surface area contributed by atoms with Crippen molar-refractivity contribution < 1.29 is 23.1 Å². The molecule has 1 aromatic heterocycles. The predicted octanol–water partition coefficient (Wildman–Crippen LogP) is 3.28. The Bertz CT molecular complexity index is 853. The van der Waals surface area contributed by atoms with E-state index in [9.17, 15) is 18.0 Å². The van der Waals surface area contributed by atoms with Gasteiger partial charge in [-0.25, -0.2) is 22.9 Å². The summed E-state index contributed by atoms with van der Waals surface area (Å²) in [5.74, 6) is -2.82. The first-order chi connectivity index (χ1) is 12.9. The summed E-state index contributed by atoms with van der Waals surface area (Å²) < 4.78 is 41.7. The zero-order chi connectivity index (χ0) is 19.4. The van der Waals surface area contributed by atoms with Crippen molar-refractivity contribution in [3.05, 3.63) is 65.1 Å². The molecular weight excluding hydrogens is 359 g/mol. The summed E-state index contributed by atoms with van der Waals surface area (Å²) >= 11 is 0. The van der Waals surface area contributed by atoms with E-state index in [1.807, 2.05) is 4.90 Å². The van der Waals surface area contributed by atoms with Crippen molar-refractivity contribution in [1.29, 1.82) is 0 Å². The molecule has 1 atom stereocenters. The van der Waals surface area contributed by atoms with E-state index in [0.29, 0.717) is 25.1 Å². The average Bonchev–Trinajstić information content (AvgIpc) is 3.06. The number of aromatic nitrogens is 1. The molecule has 0 unspecified atom stereocenters. The van der Waals surface area contributed by atoms with Gasteiger partial charge in [0, 0.05) is 43.5 Å². The number of benzene rings is 1. The van der Waals surface area contributed by atoms with Crippen molar-refractivity contribution in [2.24, 2.45) is 0 Å². The maximum Gasteiger partial charge on any atom is 0.328 e. The number of hydrogen-bond acceptors (Lipinski definition) is 4. The first-order valence-corrected chi connectivity index (χ1v) is 8.40. The Labute approximate surface area is 154 Å². The third-order valence-corrected chi connectivity index (χ3v) is 4.34. The Hall–Kier alpha value is -2.87. The monoisotopic (exact) mass is 377 g/mol. The Morgan fingerprint density at radius 3 is 2.70 bits per heavy atom. The van der Waals surface area contributed by atoms with Crippen LogP contribution in [0.2, 0.25) is 0 Å². The molecule has 142 valence electrons. The number of nitrogens with one attached hydrogen (secondary N) is 1. The zero-order valence-electron chi connectivity index (χ0n) is 14.3. The number of hydrogen-bond donors (Lipinski definition) is 2. The zero-order valence-corrected chi connectivity index (χ0v) is 14.3. The van der Waals surface area contributed by atoms with Crippen LogP contribution in [0.5, 0.6) is 0 Å². The molecule has 1 aliphatic rings. The molecule has 2 N–H and O–H groups in total. The summed E-state index contributed by atoms with van der Waals surface area (Å²) in [4.78, 5) is 16.4. The van der Waals surface area contributed by atoms with Gasteiger partial charge in [0.05, 0.1) is 0 Å². The molecule has 1 aromatic carbocycles. The number of aliphatic carboxylic acids is 1. The third kappa shape index (κ3) is 4.85. The molecule has 0 amide bonds. The highest BCUT2D eigenvalue weighted by Crippen LogP contribution is 2.21. The van der Waals surface area contributed by atoms with Crippen molar-refractivity contribution in [1.82, 2.24) is 9.88 Å². The lowest BCUT2D eigenvalue weighted by atomic mass is 10.2. The minimum absolute atomic E-state index is 0.0250. The summed E-state index contributed by atoms with van der Waals surface area (Å²) in [5.41, 5.74) is 0.362.